The lowest BCUT2D eigenvalue weighted by Gasteiger charge is -1.74. The lowest BCUT2D eigenvalue weighted by atomic mass is 10.9. The molecule has 5 heteroatoms. The number of hydrogen-bond acceptors (Lipinski definition) is 1. The predicted octanol–water partition coefficient (Wildman–Crippen LogP) is 0.928. The van der Waals surface area contributed by atoms with Gasteiger partial charge in [0.1, 0.15) is 0 Å². The van der Waals surface area contributed by atoms with Crippen molar-refractivity contribution >= 4 is 23.9 Å². The molecule has 3 nitrogen and oxygen atoms in total. The minimum atomic E-state index is -0.833. The molecular weight excluding hydrogens is 154 g/mol. The molecule has 0 saturated carbocycles. The number of rotatable bonds is 2. The summed E-state index contributed by atoms with van der Waals surface area (Å²) in [4.78, 5) is 6.99. The molecule has 0 heterocycles. The van der Waals surface area contributed by atoms with Gasteiger partial charge in [0.25, 0.3) is 0 Å². The summed E-state index contributed by atoms with van der Waals surface area (Å²) >= 11 is 0.815. The van der Waals surface area contributed by atoms with Gasteiger partial charge in [0, 0.05) is 0 Å². The summed E-state index contributed by atoms with van der Waals surface area (Å²) in [6.07, 6.45) is 0. The van der Waals surface area contributed by atoms with E-state index in [0.717, 1.165) is 15.2 Å². The first-order chi connectivity index (χ1) is 3.83. The Morgan fingerprint density at radius 3 is 1.67 bits per heavy atom. The van der Waals surface area contributed by atoms with Crippen LogP contribution in [0.3, 0.4) is 0 Å². The Labute approximate surface area is 63.8 Å². The second-order valence-electron chi connectivity index (χ2n) is 1.19. The first-order valence-electron chi connectivity index (χ1n) is 2.61. The summed E-state index contributed by atoms with van der Waals surface area (Å²) in [7, 11) is -0.833. The summed E-state index contributed by atoms with van der Waals surface area (Å²) in [5.41, 5.74) is 0. The summed E-state index contributed by atoms with van der Waals surface area (Å²) in [5.74, 6) is 0. The van der Waals surface area contributed by atoms with Crippen molar-refractivity contribution < 1.29 is 14.9 Å². The van der Waals surface area contributed by atoms with Gasteiger partial charge in [0.05, 0.1) is 0 Å². The monoisotopic (exact) mass is 167 g/mol. The van der Waals surface area contributed by atoms with Crippen molar-refractivity contribution in [2.24, 2.45) is 0 Å². The first-order valence-corrected chi connectivity index (χ1v) is 5.01. The third-order valence-corrected chi connectivity index (χ3v) is 1.73. The van der Waals surface area contributed by atoms with Crippen molar-refractivity contribution in [3.8, 4) is 0 Å². The molecule has 0 saturated heterocycles. The summed E-state index contributed by atoms with van der Waals surface area (Å²) < 4.78 is 8.46. The molecule has 0 aromatic carbocycles. The van der Waals surface area contributed by atoms with Crippen LogP contribution in [0.4, 0.5) is 0 Å². The molecule has 0 aromatic rings. The highest BCUT2D eigenvalue weighted by Gasteiger charge is 1.74. The molecule has 9 heavy (non-hydrogen) atoms. The Balaban J connectivity index is -0.0000000800. The van der Waals surface area contributed by atoms with Crippen molar-refractivity contribution in [3.05, 3.63) is 0 Å². The third-order valence-electron chi connectivity index (χ3n) is 0.577. The van der Waals surface area contributed by atoms with Crippen molar-refractivity contribution in [1.82, 2.24) is 0 Å². The van der Waals surface area contributed by atoms with E-state index < -0.39 is 8.69 Å². The van der Waals surface area contributed by atoms with Crippen LogP contribution in [0.2, 0.25) is 10.6 Å². The molecule has 0 spiro atoms. The van der Waals surface area contributed by atoms with Gasteiger partial charge in [-0.1, -0.05) is 13.8 Å². The van der Waals surface area contributed by atoms with Crippen LogP contribution in [-0.4, -0.2) is 25.6 Å². The van der Waals surface area contributed by atoms with Crippen LogP contribution in [-0.2, 0) is 4.57 Å². The van der Waals surface area contributed by atoms with Crippen LogP contribution >= 0.6 is 8.69 Å². The Hall–Kier alpha value is 0.552. The van der Waals surface area contributed by atoms with E-state index in [2.05, 4.69) is 13.8 Å². The molecule has 0 aliphatic rings. The fourth-order valence-corrected chi connectivity index (χ4v) is 0.866. The molecule has 0 rings (SSSR count). The zero-order chi connectivity index (χ0) is 6.83. The Morgan fingerprint density at radius 1 is 1.44 bits per heavy atom. The van der Waals surface area contributed by atoms with Gasteiger partial charge in [-0.2, -0.15) is 0 Å². The van der Waals surface area contributed by atoms with Crippen LogP contribution in [0, 0.1) is 0 Å². The van der Waals surface area contributed by atoms with E-state index in [0.29, 0.717) is 0 Å². The van der Waals surface area contributed by atoms with E-state index in [4.69, 9.17) is 9.46 Å². The molecule has 0 aliphatic heterocycles. The van der Waals surface area contributed by atoms with Crippen LogP contribution in [0.5, 0.6) is 0 Å². The van der Waals surface area contributed by atoms with E-state index in [-0.39, 0.29) is 5.48 Å². The van der Waals surface area contributed by atoms with Crippen LogP contribution in [0.15, 0.2) is 0 Å². The zero-order valence-electron chi connectivity index (χ0n) is 5.79. The molecule has 0 aliphatic carbocycles. The van der Waals surface area contributed by atoms with Crippen molar-refractivity contribution in [2.75, 3.05) is 0 Å². The number of hydrogen-bond donors (Lipinski definition) is 1. The van der Waals surface area contributed by atoms with Gasteiger partial charge in [-0.05, 0) is 0 Å². The summed E-state index contributed by atoms with van der Waals surface area (Å²) in [5, 5.41) is 2.85. The van der Waals surface area contributed by atoms with Gasteiger partial charge in [0.2, 0.25) is 0 Å². The van der Waals surface area contributed by atoms with E-state index in [9.17, 15) is 0 Å². The predicted molar refractivity (Wildman–Crippen MR) is 40.2 cm³/mol. The minimum absolute atomic E-state index is 0. The van der Waals surface area contributed by atoms with E-state index >= 15 is 0 Å². The van der Waals surface area contributed by atoms with Crippen molar-refractivity contribution in [3.63, 3.8) is 0 Å². The van der Waals surface area contributed by atoms with Gasteiger partial charge >= 0.3 is 8.69 Å². The molecule has 1 radical (unpaired) electrons. The first kappa shape index (κ1) is 16.3. The summed E-state index contributed by atoms with van der Waals surface area (Å²) in [6.45, 7) is 4.50. The largest absolute Gasteiger partial charge is 0.412 e. The maximum atomic E-state index is 8.46. The highest BCUT2D eigenvalue weighted by Crippen LogP contribution is 1.77. The van der Waals surface area contributed by atoms with E-state index in [1.165, 1.54) is 10.6 Å². The standard InChI is InChI=1S/2C2H5.Al.HO2P.H2O/c2*1-2;;1-3-2;/h2*1H2,2H3;;(H,1,2);1H2. The normalized spacial score (nSPS) is 6.56. The summed E-state index contributed by atoms with van der Waals surface area (Å²) in [6, 6.07) is 0. The lowest BCUT2D eigenvalue weighted by Crippen LogP contribution is -1.76. The molecule has 0 amide bonds. The van der Waals surface area contributed by atoms with Gasteiger partial charge in [-0.3, -0.25) is 0 Å². The third kappa shape index (κ3) is 56.4. The van der Waals surface area contributed by atoms with Crippen LogP contribution in [0.25, 0.3) is 0 Å². The van der Waals surface area contributed by atoms with Crippen molar-refractivity contribution in [2.45, 2.75) is 24.4 Å². The Morgan fingerprint density at radius 2 is 1.67 bits per heavy atom. The maximum Gasteiger partial charge on any atom is 0.324 e. The average molecular weight is 167 g/mol. The van der Waals surface area contributed by atoms with Gasteiger partial charge in [0.15, 0.2) is 15.2 Å². The molecule has 55 valence electrons. The van der Waals surface area contributed by atoms with Gasteiger partial charge in [-0.15, -0.1) is 10.6 Å². The van der Waals surface area contributed by atoms with Gasteiger partial charge in [-0.25, -0.2) is 4.57 Å². The lowest BCUT2D eigenvalue weighted by molar-refractivity contribution is 0.524. The highest BCUT2D eigenvalue weighted by molar-refractivity contribution is 7.16. The average Bonchev–Trinajstić information content (AvgIpc) is 1.71. The second kappa shape index (κ2) is 23.5. The molecule has 0 bridgehead atoms. The molecular formula is C4H13AlO3P. The second-order valence-corrected chi connectivity index (χ2v) is 3.56. The topological polar surface area (TPSA) is 68.8 Å². The molecule has 3 N–H and O–H groups in total. The quantitative estimate of drug-likeness (QED) is 0.490. The molecule has 0 fully saturated rings. The zero-order valence-corrected chi connectivity index (χ0v) is 7.84. The molecule has 0 atom stereocenters. The van der Waals surface area contributed by atoms with Crippen LogP contribution < -0.4 is 0 Å². The van der Waals surface area contributed by atoms with Gasteiger partial charge < -0.3 is 10.4 Å². The smallest absolute Gasteiger partial charge is 0.324 e. The maximum absolute atomic E-state index is 8.46. The minimum Gasteiger partial charge on any atom is -0.412 e. The molecule has 0 aromatic heterocycles. The molecule has 0 unspecified atom stereocenters. The highest BCUT2D eigenvalue weighted by atomic mass is 31.1. The Kier molecular flexibility index (Phi) is 42.6. The van der Waals surface area contributed by atoms with Crippen LogP contribution in [0.1, 0.15) is 13.8 Å². The van der Waals surface area contributed by atoms with E-state index in [1.54, 1.807) is 0 Å². The fourth-order valence-electron chi connectivity index (χ4n) is 0.289. The fraction of sp³-hybridized carbons (Fsp3) is 1.00. The van der Waals surface area contributed by atoms with Crippen molar-refractivity contribution in [1.29, 1.82) is 0 Å². The SMILES string of the molecule is C[CH2][Al][CH2]C.O.O=PO. The van der Waals surface area contributed by atoms with E-state index in [1.807, 2.05) is 0 Å². The Bertz CT molecular complexity index is 42.8.